The number of rotatable bonds is 3. The van der Waals surface area contributed by atoms with Gasteiger partial charge in [0.2, 0.25) is 0 Å². The number of fused-ring (bicyclic) bond motifs is 1. The first-order chi connectivity index (χ1) is 12.7. The Hall–Kier alpha value is -3.33. The van der Waals surface area contributed by atoms with Gasteiger partial charge in [-0.05, 0) is 29.6 Å². The van der Waals surface area contributed by atoms with Crippen molar-refractivity contribution >= 4 is 23.2 Å². The molecule has 0 bridgehead atoms. The highest BCUT2D eigenvalue weighted by Crippen LogP contribution is 2.34. The number of thiophene rings is 1. The summed E-state index contributed by atoms with van der Waals surface area (Å²) in [6, 6.07) is 8.80. The van der Waals surface area contributed by atoms with Crippen molar-refractivity contribution in [2.24, 2.45) is 0 Å². The fourth-order valence-corrected chi connectivity index (χ4v) is 3.15. The monoisotopic (exact) mass is 370 g/mol. The molecule has 4 rings (SSSR count). The predicted molar refractivity (Wildman–Crippen MR) is 94.3 cm³/mol. The number of carbonyl (C=O) groups excluding carboxylic acids is 2. The van der Waals surface area contributed by atoms with Gasteiger partial charge in [-0.2, -0.15) is 5.10 Å². The van der Waals surface area contributed by atoms with E-state index in [-0.39, 0.29) is 5.91 Å². The molecule has 0 saturated carbocycles. The summed E-state index contributed by atoms with van der Waals surface area (Å²) in [6.07, 6.45) is 1.40. The molecule has 0 saturated heterocycles. The third-order valence-corrected chi connectivity index (χ3v) is 4.62. The predicted octanol–water partition coefficient (Wildman–Crippen LogP) is 1.98. The zero-order valence-corrected chi connectivity index (χ0v) is 14.3. The first kappa shape index (κ1) is 16.2. The molecule has 0 aliphatic carbocycles. The second kappa shape index (κ2) is 6.89. The van der Waals surface area contributed by atoms with Crippen LogP contribution >= 0.6 is 11.3 Å². The molecule has 26 heavy (non-hydrogen) atoms. The third kappa shape index (κ3) is 3.11. The third-order valence-electron chi connectivity index (χ3n) is 3.75. The quantitative estimate of drug-likeness (QED) is 0.612. The average Bonchev–Trinajstić information content (AvgIpc) is 3.37. The van der Waals surface area contributed by atoms with E-state index in [9.17, 15) is 9.59 Å². The Bertz CT molecular complexity index is 952. The van der Waals surface area contributed by atoms with E-state index in [0.29, 0.717) is 40.8 Å². The second-order valence-corrected chi connectivity index (χ2v) is 6.35. The number of benzene rings is 1. The first-order valence-electron chi connectivity index (χ1n) is 7.80. The van der Waals surface area contributed by atoms with E-state index in [0.717, 1.165) is 5.56 Å². The summed E-state index contributed by atoms with van der Waals surface area (Å²) in [7, 11) is 0. The van der Waals surface area contributed by atoms with E-state index in [4.69, 9.17) is 9.47 Å². The molecule has 1 aliphatic heterocycles. The van der Waals surface area contributed by atoms with E-state index in [2.05, 4.69) is 21.0 Å². The van der Waals surface area contributed by atoms with Gasteiger partial charge in [0.15, 0.2) is 11.5 Å². The van der Waals surface area contributed by atoms with Gasteiger partial charge in [0.1, 0.15) is 13.2 Å². The summed E-state index contributed by atoms with van der Waals surface area (Å²) in [6.45, 7) is 0.982. The molecule has 9 heteroatoms. The highest BCUT2D eigenvalue weighted by Gasteiger charge is 2.19. The lowest BCUT2D eigenvalue weighted by atomic mass is 10.1. The lowest BCUT2D eigenvalue weighted by Crippen LogP contribution is -2.41. The molecule has 3 heterocycles. The maximum Gasteiger partial charge on any atom is 0.279 e. The average molecular weight is 370 g/mol. The van der Waals surface area contributed by atoms with Gasteiger partial charge >= 0.3 is 0 Å². The summed E-state index contributed by atoms with van der Waals surface area (Å²) in [5.74, 6) is 0.417. The molecule has 1 aromatic carbocycles. The number of ether oxygens (including phenoxy) is 2. The summed E-state index contributed by atoms with van der Waals surface area (Å²) in [5.41, 5.74) is 6.33. The number of amides is 2. The Kier molecular flexibility index (Phi) is 4.28. The number of aromatic nitrogens is 2. The van der Waals surface area contributed by atoms with Gasteiger partial charge in [-0.3, -0.25) is 25.5 Å². The smallest absolute Gasteiger partial charge is 0.279 e. The number of H-pyrrole nitrogens is 1. The Labute approximate surface area is 152 Å². The number of hydrazine groups is 1. The van der Waals surface area contributed by atoms with Crippen molar-refractivity contribution in [3.63, 3.8) is 0 Å². The van der Waals surface area contributed by atoms with Crippen molar-refractivity contribution in [1.29, 1.82) is 0 Å². The van der Waals surface area contributed by atoms with Crippen LogP contribution in [0.4, 0.5) is 0 Å². The second-order valence-electron chi connectivity index (χ2n) is 5.40. The van der Waals surface area contributed by atoms with Gasteiger partial charge < -0.3 is 9.47 Å². The van der Waals surface area contributed by atoms with Crippen LogP contribution in [-0.4, -0.2) is 35.2 Å². The standard InChI is InChI=1S/C17H14N4O4S/c22-16(20-21-17(23)14-2-1-7-26-14)11-9-18-19-15(11)10-3-4-12-13(8-10)25-6-5-24-12/h1-4,7-9H,5-6H2,(H,18,19)(H,20,22)(H,21,23). The van der Waals surface area contributed by atoms with Crippen LogP contribution in [0.15, 0.2) is 41.9 Å². The lowest BCUT2D eigenvalue weighted by molar-refractivity contribution is 0.0849. The van der Waals surface area contributed by atoms with E-state index >= 15 is 0 Å². The van der Waals surface area contributed by atoms with Crippen molar-refractivity contribution < 1.29 is 19.1 Å². The van der Waals surface area contributed by atoms with Crippen molar-refractivity contribution in [2.45, 2.75) is 0 Å². The summed E-state index contributed by atoms with van der Waals surface area (Å²) in [5, 5.41) is 8.53. The van der Waals surface area contributed by atoms with Crippen molar-refractivity contribution in [2.75, 3.05) is 13.2 Å². The molecule has 3 N–H and O–H groups in total. The number of hydrogen-bond acceptors (Lipinski definition) is 6. The van der Waals surface area contributed by atoms with Crippen LogP contribution in [0.1, 0.15) is 20.0 Å². The Morgan fingerprint density at radius 3 is 2.69 bits per heavy atom. The number of nitrogens with one attached hydrogen (secondary N) is 3. The number of aromatic amines is 1. The molecule has 1 aliphatic rings. The molecule has 0 atom stereocenters. The molecule has 0 spiro atoms. The zero-order valence-electron chi connectivity index (χ0n) is 13.4. The fourth-order valence-electron chi connectivity index (χ4n) is 2.53. The van der Waals surface area contributed by atoms with Gasteiger partial charge in [0.25, 0.3) is 11.8 Å². The highest BCUT2D eigenvalue weighted by molar-refractivity contribution is 7.12. The minimum Gasteiger partial charge on any atom is -0.486 e. The molecule has 0 fully saturated rings. The van der Waals surface area contributed by atoms with Gasteiger partial charge in [0.05, 0.1) is 22.3 Å². The zero-order chi connectivity index (χ0) is 17.9. The molecule has 8 nitrogen and oxygen atoms in total. The molecular weight excluding hydrogens is 356 g/mol. The molecule has 2 amide bonds. The van der Waals surface area contributed by atoms with Gasteiger partial charge in [-0.25, -0.2) is 0 Å². The van der Waals surface area contributed by atoms with E-state index in [1.165, 1.54) is 17.5 Å². The normalized spacial score (nSPS) is 12.5. The summed E-state index contributed by atoms with van der Waals surface area (Å²) >= 11 is 1.29. The summed E-state index contributed by atoms with van der Waals surface area (Å²) in [4.78, 5) is 24.9. The Morgan fingerprint density at radius 1 is 1.08 bits per heavy atom. The van der Waals surface area contributed by atoms with Gasteiger partial charge in [0, 0.05) is 5.56 Å². The maximum atomic E-state index is 12.4. The molecule has 0 unspecified atom stereocenters. The van der Waals surface area contributed by atoms with Crippen molar-refractivity contribution in [1.82, 2.24) is 21.0 Å². The minimum atomic E-state index is -0.478. The van der Waals surface area contributed by atoms with Crippen LogP contribution in [0.25, 0.3) is 11.3 Å². The molecule has 2 aromatic heterocycles. The SMILES string of the molecule is O=C(NNC(=O)c1cn[nH]c1-c1ccc2c(c1)OCCO2)c1cccs1. The first-order valence-corrected chi connectivity index (χ1v) is 8.68. The Morgan fingerprint density at radius 2 is 1.88 bits per heavy atom. The minimum absolute atomic E-state index is 0.299. The van der Waals surface area contributed by atoms with Crippen molar-refractivity contribution in [3.05, 3.63) is 52.3 Å². The lowest BCUT2D eigenvalue weighted by Gasteiger charge is -2.18. The highest BCUT2D eigenvalue weighted by atomic mass is 32.1. The van der Waals surface area contributed by atoms with Crippen LogP contribution in [0, 0.1) is 0 Å². The Balaban J connectivity index is 1.51. The summed E-state index contributed by atoms with van der Waals surface area (Å²) < 4.78 is 11.1. The molecule has 3 aromatic rings. The van der Waals surface area contributed by atoms with Crippen LogP contribution in [0.3, 0.4) is 0 Å². The van der Waals surface area contributed by atoms with E-state index in [1.807, 2.05) is 6.07 Å². The van der Waals surface area contributed by atoms with Gasteiger partial charge in [-0.1, -0.05) is 6.07 Å². The largest absolute Gasteiger partial charge is 0.486 e. The van der Waals surface area contributed by atoms with E-state index in [1.54, 1.807) is 29.6 Å². The van der Waals surface area contributed by atoms with Crippen LogP contribution in [-0.2, 0) is 0 Å². The molecular formula is C17H14N4O4S. The number of nitrogens with zero attached hydrogens (tertiary/aromatic N) is 1. The van der Waals surface area contributed by atoms with E-state index < -0.39 is 5.91 Å². The maximum absolute atomic E-state index is 12.4. The van der Waals surface area contributed by atoms with Gasteiger partial charge in [-0.15, -0.1) is 11.3 Å². The van der Waals surface area contributed by atoms with Crippen LogP contribution in [0.5, 0.6) is 11.5 Å². The van der Waals surface area contributed by atoms with Crippen molar-refractivity contribution in [3.8, 4) is 22.8 Å². The number of hydrogen-bond donors (Lipinski definition) is 3. The molecule has 132 valence electrons. The number of carbonyl (C=O) groups is 2. The van der Waals surface area contributed by atoms with Crippen LogP contribution < -0.4 is 20.3 Å². The van der Waals surface area contributed by atoms with Crippen LogP contribution in [0.2, 0.25) is 0 Å². The fraction of sp³-hybridized carbons (Fsp3) is 0.118. The topological polar surface area (TPSA) is 105 Å². The molecule has 0 radical (unpaired) electrons.